The highest BCUT2D eigenvalue weighted by Gasteiger charge is 2.38. The second-order valence-electron chi connectivity index (χ2n) is 8.91. The van der Waals surface area contributed by atoms with Crippen LogP contribution in [-0.4, -0.2) is 71.9 Å². The number of hydrogen-bond acceptors (Lipinski definition) is 5. The molecular weight excluding hydrogens is 402 g/mol. The molecule has 1 aliphatic carbocycles. The first-order valence-electron chi connectivity index (χ1n) is 12.2. The van der Waals surface area contributed by atoms with Crippen LogP contribution >= 0.6 is 0 Å². The van der Waals surface area contributed by atoms with Crippen molar-refractivity contribution >= 4 is 17.5 Å². The van der Waals surface area contributed by atoms with Gasteiger partial charge in [-0.3, -0.25) is 19.3 Å². The topological polar surface area (TPSA) is 60.9 Å². The van der Waals surface area contributed by atoms with Gasteiger partial charge in [-0.2, -0.15) is 0 Å². The first-order valence-corrected chi connectivity index (χ1v) is 12.2. The molecule has 0 aromatic heterocycles. The molecule has 2 aliphatic rings. The number of Topliss-reactive ketones (excluding diaryl/α,β-unsaturated/α-hetero) is 2. The minimum atomic E-state index is -0.221. The van der Waals surface area contributed by atoms with E-state index in [9.17, 15) is 14.4 Å². The molecule has 0 spiro atoms. The van der Waals surface area contributed by atoms with Crippen molar-refractivity contribution in [2.75, 3.05) is 39.8 Å². The summed E-state index contributed by atoms with van der Waals surface area (Å²) in [5.41, 5.74) is 1.46. The van der Waals surface area contributed by atoms with Crippen LogP contribution in [-0.2, 0) is 4.79 Å². The molecule has 1 fully saturated rings. The summed E-state index contributed by atoms with van der Waals surface area (Å²) in [6, 6.07) is 6.98. The van der Waals surface area contributed by atoms with E-state index in [1.165, 1.54) is 6.42 Å². The van der Waals surface area contributed by atoms with Crippen molar-refractivity contribution in [2.24, 2.45) is 0 Å². The van der Waals surface area contributed by atoms with Crippen LogP contribution in [0.1, 0.15) is 79.5 Å². The quantitative estimate of drug-likeness (QED) is 0.549. The third-order valence-electron chi connectivity index (χ3n) is 6.41. The number of nitrogens with zero attached hydrogens (tertiary/aromatic N) is 3. The average molecular weight is 440 g/mol. The van der Waals surface area contributed by atoms with Crippen LogP contribution in [0.25, 0.3) is 0 Å². The Morgan fingerprint density at radius 1 is 0.875 bits per heavy atom. The molecule has 0 unspecified atom stereocenters. The number of piperidine rings is 1. The van der Waals surface area contributed by atoms with Crippen molar-refractivity contribution in [3.63, 3.8) is 0 Å². The predicted octanol–water partition coefficient (Wildman–Crippen LogP) is 4.12. The lowest BCUT2D eigenvalue weighted by Gasteiger charge is -2.35. The zero-order chi connectivity index (χ0) is 23.1. The predicted molar refractivity (Wildman–Crippen MR) is 127 cm³/mol. The summed E-state index contributed by atoms with van der Waals surface area (Å²) in [5.74, 6) is -0.472. The Balaban J connectivity index is 2.04. The van der Waals surface area contributed by atoms with Crippen LogP contribution < -0.4 is 0 Å². The van der Waals surface area contributed by atoms with Gasteiger partial charge in [-0.25, -0.2) is 0 Å². The fourth-order valence-corrected chi connectivity index (χ4v) is 4.53. The van der Waals surface area contributed by atoms with Gasteiger partial charge in [0, 0.05) is 31.3 Å². The Bertz CT molecular complexity index is 871. The summed E-state index contributed by atoms with van der Waals surface area (Å²) in [4.78, 5) is 46.5. The highest BCUT2D eigenvalue weighted by Crippen LogP contribution is 2.31. The maximum Gasteiger partial charge on any atom is 0.241 e. The van der Waals surface area contributed by atoms with Gasteiger partial charge in [0.2, 0.25) is 17.5 Å². The summed E-state index contributed by atoms with van der Waals surface area (Å²) in [5, 5.41) is 0. The van der Waals surface area contributed by atoms with E-state index >= 15 is 0 Å². The second kappa shape index (κ2) is 11.4. The number of fused-ring (bicyclic) bond motifs is 1. The minimum Gasteiger partial charge on any atom is -0.370 e. The summed E-state index contributed by atoms with van der Waals surface area (Å²) < 4.78 is 0. The Hall–Kier alpha value is -2.47. The van der Waals surface area contributed by atoms with Crippen molar-refractivity contribution in [1.29, 1.82) is 0 Å². The van der Waals surface area contributed by atoms with Crippen LogP contribution in [0.15, 0.2) is 35.7 Å². The molecule has 1 heterocycles. The number of allylic oxidation sites excluding steroid dienone is 2. The number of rotatable bonds is 10. The van der Waals surface area contributed by atoms with Gasteiger partial charge in [0.25, 0.3) is 0 Å². The molecular formula is C26H37N3O3. The lowest BCUT2D eigenvalue weighted by molar-refractivity contribution is -0.130. The molecule has 6 nitrogen and oxygen atoms in total. The van der Waals surface area contributed by atoms with Crippen LogP contribution in [0.4, 0.5) is 0 Å². The average Bonchev–Trinajstić information content (AvgIpc) is 2.81. The summed E-state index contributed by atoms with van der Waals surface area (Å²) >= 11 is 0. The molecule has 32 heavy (non-hydrogen) atoms. The fourth-order valence-electron chi connectivity index (χ4n) is 4.53. The van der Waals surface area contributed by atoms with Crippen molar-refractivity contribution in [1.82, 2.24) is 14.7 Å². The molecule has 0 bridgehead atoms. The number of likely N-dealkylation sites (N-methyl/N-ethyl adjacent to an activating group) is 1. The highest BCUT2D eigenvalue weighted by atomic mass is 16.2. The lowest BCUT2D eigenvalue weighted by atomic mass is 9.88. The first kappa shape index (κ1) is 24.2. The summed E-state index contributed by atoms with van der Waals surface area (Å²) in [6.07, 6.45) is 6.98. The number of ketones is 2. The zero-order valence-corrected chi connectivity index (χ0v) is 19.9. The zero-order valence-electron chi connectivity index (χ0n) is 19.9. The molecule has 0 N–H and O–H groups in total. The van der Waals surface area contributed by atoms with Gasteiger partial charge in [0.1, 0.15) is 11.4 Å². The smallest absolute Gasteiger partial charge is 0.241 e. The molecule has 3 rings (SSSR count). The van der Waals surface area contributed by atoms with E-state index < -0.39 is 0 Å². The van der Waals surface area contributed by atoms with E-state index in [1.54, 1.807) is 29.2 Å². The lowest BCUT2D eigenvalue weighted by Crippen LogP contribution is -2.46. The Labute approximate surface area is 192 Å². The SMILES string of the molecule is CCCCN(C)C1=C(N(CCCC)C(=O)CN2CCCCC2)C(=O)c2ccccc2C1=O. The van der Waals surface area contributed by atoms with E-state index in [0.717, 1.165) is 51.6 Å². The first-order chi connectivity index (χ1) is 15.5. The third kappa shape index (κ3) is 5.29. The fraction of sp³-hybridized carbons (Fsp3) is 0.577. The number of amides is 1. The second-order valence-corrected chi connectivity index (χ2v) is 8.91. The molecule has 1 aromatic rings. The molecule has 0 saturated carbocycles. The van der Waals surface area contributed by atoms with Gasteiger partial charge in [0.15, 0.2) is 0 Å². The molecule has 1 amide bonds. The van der Waals surface area contributed by atoms with Gasteiger partial charge in [0.05, 0.1) is 6.54 Å². The van der Waals surface area contributed by atoms with Gasteiger partial charge >= 0.3 is 0 Å². The summed E-state index contributed by atoms with van der Waals surface area (Å²) in [6.45, 7) is 7.39. The highest BCUT2D eigenvalue weighted by molar-refractivity contribution is 6.27. The summed E-state index contributed by atoms with van der Waals surface area (Å²) in [7, 11) is 1.86. The van der Waals surface area contributed by atoms with Crippen molar-refractivity contribution in [2.45, 2.75) is 58.8 Å². The van der Waals surface area contributed by atoms with Crippen molar-refractivity contribution < 1.29 is 14.4 Å². The van der Waals surface area contributed by atoms with Gasteiger partial charge < -0.3 is 9.80 Å². The van der Waals surface area contributed by atoms with Crippen LogP contribution in [0, 0.1) is 0 Å². The van der Waals surface area contributed by atoms with Gasteiger partial charge in [-0.05, 0) is 38.8 Å². The van der Waals surface area contributed by atoms with E-state index in [-0.39, 0.29) is 23.2 Å². The van der Waals surface area contributed by atoms with Crippen LogP contribution in [0.3, 0.4) is 0 Å². The number of hydrogen-bond donors (Lipinski definition) is 0. The maximum absolute atomic E-state index is 13.7. The molecule has 174 valence electrons. The number of carbonyl (C=O) groups is 3. The molecule has 1 saturated heterocycles. The molecule has 0 atom stereocenters. The van der Waals surface area contributed by atoms with E-state index in [1.807, 2.05) is 11.9 Å². The van der Waals surface area contributed by atoms with Crippen LogP contribution in [0.5, 0.6) is 0 Å². The van der Waals surface area contributed by atoms with Crippen molar-refractivity contribution in [3.05, 3.63) is 46.8 Å². The van der Waals surface area contributed by atoms with Gasteiger partial charge in [-0.15, -0.1) is 0 Å². The number of unbranched alkanes of at least 4 members (excludes halogenated alkanes) is 2. The number of benzene rings is 1. The molecule has 0 radical (unpaired) electrons. The Morgan fingerprint density at radius 3 is 2.03 bits per heavy atom. The Kier molecular flexibility index (Phi) is 8.62. The van der Waals surface area contributed by atoms with E-state index in [2.05, 4.69) is 18.7 Å². The monoisotopic (exact) mass is 439 g/mol. The number of carbonyl (C=O) groups excluding carboxylic acids is 3. The normalized spacial score (nSPS) is 16.8. The maximum atomic E-state index is 13.7. The van der Waals surface area contributed by atoms with Gasteiger partial charge in [-0.1, -0.05) is 57.4 Å². The van der Waals surface area contributed by atoms with E-state index in [0.29, 0.717) is 36.5 Å². The van der Waals surface area contributed by atoms with Crippen LogP contribution in [0.2, 0.25) is 0 Å². The molecule has 1 aromatic carbocycles. The minimum absolute atomic E-state index is 0.0859. The van der Waals surface area contributed by atoms with Crippen molar-refractivity contribution in [3.8, 4) is 0 Å². The third-order valence-corrected chi connectivity index (χ3v) is 6.41. The number of likely N-dealkylation sites (tertiary alicyclic amines) is 1. The largest absolute Gasteiger partial charge is 0.370 e. The molecule has 1 aliphatic heterocycles. The Morgan fingerprint density at radius 2 is 1.44 bits per heavy atom. The standard InChI is InChI=1S/C26H37N3O3/c1-4-6-15-27(3)23-24(26(32)21-14-10-9-13-20(21)25(23)31)29(18-7-5-2)22(30)19-28-16-11-8-12-17-28/h9-10,13-14H,4-8,11-12,15-19H2,1-3H3. The molecule has 6 heteroatoms. The van der Waals surface area contributed by atoms with E-state index in [4.69, 9.17) is 0 Å².